The third-order valence-electron chi connectivity index (χ3n) is 5.11. The van der Waals surface area contributed by atoms with Crippen LogP contribution in [0.15, 0.2) is 59.0 Å². The van der Waals surface area contributed by atoms with Gasteiger partial charge in [0, 0.05) is 12.0 Å². The maximum Gasteiger partial charge on any atom is 0.371 e. The van der Waals surface area contributed by atoms with Crippen molar-refractivity contribution < 1.29 is 28.2 Å². The van der Waals surface area contributed by atoms with Gasteiger partial charge in [-0.3, -0.25) is 9.59 Å². The molecule has 1 aliphatic heterocycles. The summed E-state index contributed by atoms with van der Waals surface area (Å²) < 4.78 is 24.9. The van der Waals surface area contributed by atoms with Crippen molar-refractivity contribution in [3.8, 4) is 16.9 Å². The topological polar surface area (TPSA) is 78.0 Å². The van der Waals surface area contributed by atoms with Gasteiger partial charge in [-0.15, -0.1) is 0 Å². The summed E-state index contributed by atoms with van der Waals surface area (Å²) in [7, 11) is 0. The van der Waals surface area contributed by atoms with Crippen molar-refractivity contribution in [2.75, 3.05) is 33.1 Å². The van der Waals surface area contributed by atoms with E-state index in [1.54, 1.807) is 6.07 Å². The number of hydrogen-bond donors (Lipinski definition) is 0. The molecular formula is C24H23ClNO6+. The Bertz CT molecular complexity index is 1180. The molecule has 0 aliphatic carbocycles. The number of carbonyl (C=O) groups excluding carboxylic acids is 2. The summed E-state index contributed by atoms with van der Waals surface area (Å²) in [5, 5.41) is 0.178. The molecule has 166 valence electrons. The Morgan fingerprint density at radius 2 is 1.78 bits per heavy atom. The zero-order valence-corrected chi connectivity index (χ0v) is 18.2. The van der Waals surface area contributed by atoms with E-state index in [9.17, 15) is 9.59 Å². The molecule has 1 saturated heterocycles. The summed E-state index contributed by atoms with van der Waals surface area (Å²) in [5.41, 5.74) is 3.28. The molecule has 2 aromatic carbocycles. The maximum absolute atomic E-state index is 11.8. The van der Waals surface area contributed by atoms with Crippen molar-refractivity contribution in [1.82, 2.24) is 4.58 Å². The number of benzene rings is 2. The molecule has 1 aliphatic rings. The number of nitrogens with zero attached hydrogens (tertiary/aromatic N) is 1. The van der Waals surface area contributed by atoms with E-state index in [2.05, 4.69) is 4.58 Å². The lowest BCUT2D eigenvalue weighted by Crippen LogP contribution is -2.39. The van der Waals surface area contributed by atoms with E-state index in [-0.39, 0.29) is 19.6 Å². The zero-order valence-electron chi connectivity index (χ0n) is 17.4. The van der Waals surface area contributed by atoms with Gasteiger partial charge < -0.3 is 18.6 Å². The van der Waals surface area contributed by atoms with Crippen molar-refractivity contribution in [2.24, 2.45) is 0 Å². The Kier molecular flexibility index (Phi) is 7.19. The highest BCUT2D eigenvalue weighted by atomic mass is 35.5. The molecule has 8 heteroatoms. The molecular weight excluding hydrogens is 434 g/mol. The average molecular weight is 457 g/mol. The fourth-order valence-corrected chi connectivity index (χ4v) is 3.59. The van der Waals surface area contributed by atoms with Crippen LogP contribution in [0.1, 0.15) is 12.8 Å². The number of ether oxygens (including phenoxy) is 3. The summed E-state index contributed by atoms with van der Waals surface area (Å²) in [6, 6.07) is 17.6. The van der Waals surface area contributed by atoms with Gasteiger partial charge >= 0.3 is 11.5 Å². The van der Waals surface area contributed by atoms with E-state index in [1.165, 1.54) is 0 Å². The molecule has 0 saturated carbocycles. The summed E-state index contributed by atoms with van der Waals surface area (Å²) in [4.78, 5) is 22.6. The molecule has 2 heterocycles. The Labute approximate surface area is 189 Å². The molecule has 7 nitrogen and oxygen atoms in total. The highest BCUT2D eigenvalue weighted by Crippen LogP contribution is 2.32. The number of carbonyl (C=O) groups is 2. The fraction of sp³-hybridized carbons (Fsp3) is 0.292. The van der Waals surface area contributed by atoms with Gasteiger partial charge in [0.1, 0.15) is 19.0 Å². The molecule has 0 radical (unpaired) electrons. The van der Waals surface area contributed by atoms with E-state index in [0.717, 1.165) is 16.5 Å². The standard InChI is InChI=1S/C24H23ClNO6/c25-21(27)9-10-23(28)31-16-30-20-15-22(26-11-13-29-14-12-26)32-24-18(7-4-8-19(20)24)17-5-2-1-3-6-17/h1-8,15H,9-14,16H2/q+1. The third kappa shape index (κ3) is 5.36. The third-order valence-corrected chi connectivity index (χ3v) is 5.30. The van der Waals surface area contributed by atoms with Crippen LogP contribution in [-0.2, 0) is 19.1 Å². The van der Waals surface area contributed by atoms with Crippen LogP contribution in [0.4, 0.5) is 0 Å². The quantitative estimate of drug-likeness (QED) is 0.235. The van der Waals surface area contributed by atoms with Crippen LogP contribution in [0, 0.1) is 0 Å². The first-order chi connectivity index (χ1) is 15.6. The van der Waals surface area contributed by atoms with Gasteiger partial charge in [-0.25, -0.2) is 0 Å². The lowest BCUT2D eigenvalue weighted by molar-refractivity contribution is -0.150. The minimum atomic E-state index is -0.581. The molecule has 3 aromatic rings. The first-order valence-corrected chi connectivity index (χ1v) is 10.7. The lowest BCUT2D eigenvalue weighted by atomic mass is 10.0. The number of fused-ring (bicyclic) bond motifs is 1. The van der Waals surface area contributed by atoms with E-state index in [1.807, 2.05) is 48.5 Å². The second-order valence-corrected chi connectivity index (χ2v) is 7.65. The highest BCUT2D eigenvalue weighted by molar-refractivity contribution is 6.63. The SMILES string of the molecule is O=C(Cl)CCC(=O)OCOc1cc(=[N+]2CCOCC2)oc2c(-c3ccccc3)cccc12. The molecule has 0 bridgehead atoms. The Morgan fingerprint density at radius 1 is 1.00 bits per heavy atom. The number of hydrogen-bond acceptors (Lipinski definition) is 6. The number of halogens is 1. The number of rotatable bonds is 7. The molecule has 0 atom stereocenters. The second kappa shape index (κ2) is 10.4. The van der Waals surface area contributed by atoms with E-state index < -0.39 is 11.2 Å². The number of esters is 1. The Morgan fingerprint density at radius 3 is 2.53 bits per heavy atom. The van der Waals surface area contributed by atoms with Crippen molar-refractivity contribution in [2.45, 2.75) is 12.8 Å². The van der Waals surface area contributed by atoms with Gasteiger partial charge in [0.05, 0.1) is 17.9 Å². The summed E-state index contributed by atoms with van der Waals surface area (Å²) in [6.07, 6.45) is -0.164. The van der Waals surface area contributed by atoms with Crippen molar-refractivity contribution in [1.29, 1.82) is 0 Å². The predicted molar refractivity (Wildman–Crippen MR) is 119 cm³/mol. The molecule has 0 unspecified atom stereocenters. The first kappa shape index (κ1) is 22.0. The maximum atomic E-state index is 11.8. The monoisotopic (exact) mass is 456 g/mol. The minimum Gasteiger partial charge on any atom is -0.456 e. The minimum absolute atomic E-state index is 0.0743. The van der Waals surface area contributed by atoms with Gasteiger partial charge in [0.15, 0.2) is 18.7 Å². The van der Waals surface area contributed by atoms with Gasteiger partial charge in [0.2, 0.25) is 12.0 Å². The van der Waals surface area contributed by atoms with E-state index >= 15 is 0 Å². The van der Waals surface area contributed by atoms with Crippen LogP contribution in [0.3, 0.4) is 0 Å². The van der Waals surface area contributed by atoms with Gasteiger partial charge in [-0.1, -0.05) is 42.5 Å². The average Bonchev–Trinajstić information content (AvgIpc) is 2.83. The molecule has 4 rings (SSSR count). The molecule has 1 fully saturated rings. The van der Waals surface area contributed by atoms with Crippen LogP contribution in [-0.4, -0.2) is 44.3 Å². The molecule has 32 heavy (non-hydrogen) atoms. The van der Waals surface area contributed by atoms with Gasteiger partial charge in [0.25, 0.3) is 0 Å². The number of morpholine rings is 1. The fourth-order valence-electron chi connectivity index (χ4n) is 3.50. The van der Waals surface area contributed by atoms with Crippen LogP contribution in [0.5, 0.6) is 5.75 Å². The van der Waals surface area contributed by atoms with Crippen LogP contribution in [0.2, 0.25) is 0 Å². The molecule has 0 spiro atoms. The predicted octanol–water partition coefficient (Wildman–Crippen LogP) is 3.33. The van der Waals surface area contributed by atoms with Gasteiger partial charge in [-0.05, 0) is 23.2 Å². The van der Waals surface area contributed by atoms with Crippen LogP contribution in [0.25, 0.3) is 22.1 Å². The van der Waals surface area contributed by atoms with Crippen molar-refractivity contribution in [3.05, 3.63) is 60.2 Å². The van der Waals surface area contributed by atoms with E-state index in [4.69, 9.17) is 30.2 Å². The largest absolute Gasteiger partial charge is 0.456 e. The summed E-state index contributed by atoms with van der Waals surface area (Å²) in [6.45, 7) is 2.33. The summed E-state index contributed by atoms with van der Waals surface area (Å²) >= 11 is 5.27. The molecule has 0 amide bonds. The molecule has 1 aromatic heterocycles. The van der Waals surface area contributed by atoms with E-state index in [0.29, 0.717) is 43.2 Å². The first-order valence-electron chi connectivity index (χ1n) is 10.4. The second-order valence-electron chi connectivity index (χ2n) is 7.23. The lowest BCUT2D eigenvalue weighted by Gasteiger charge is -2.13. The Balaban J connectivity index is 1.71. The molecule has 0 N–H and O–H groups in total. The van der Waals surface area contributed by atoms with Crippen molar-refractivity contribution >= 4 is 33.8 Å². The number of para-hydroxylation sites is 1. The van der Waals surface area contributed by atoms with Gasteiger partial charge in [-0.2, -0.15) is 4.58 Å². The van der Waals surface area contributed by atoms with Crippen LogP contribution < -0.4 is 14.9 Å². The normalized spacial score (nSPS) is 13.7. The Hall–Kier alpha value is -3.16. The smallest absolute Gasteiger partial charge is 0.371 e. The van der Waals surface area contributed by atoms with Crippen LogP contribution >= 0.6 is 11.6 Å². The van der Waals surface area contributed by atoms with Crippen molar-refractivity contribution in [3.63, 3.8) is 0 Å². The highest BCUT2D eigenvalue weighted by Gasteiger charge is 2.18. The zero-order chi connectivity index (χ0) is 22.3. The summed E-state index contributed by atoms with van der Waals surface area (Å²) in [5.74, 6) is -0.0194.